The van der Waals surface area contributed by atoms with Crippen LogP contribution in [0.3, 0.4) is 0 Å². The summed E-state index contributed by atoms with van der Waals surface area (Å²) in [5.41, 5.74) is 2.04. The van der Waals surface area contributed by atoms with Crippen molar-refractivity contribution in [2.24, 2.45) is 5.92 Å². The molecule has 0 spiro atoms. The Morgan fingerprint density at radius 3 is 2.45 bits per heavy atom. The van der Waals surface area contributed by atoms with Crippen LogP contribution < -0.4 is 5.32 Å². The van der Waals surface area contributed by atoms with Crippen LogP contribution in [0.25, 0.3) is 0 Å². The van der Waals surface area contributed by atoms with E-state index in [1.54, 1.807) is 0 Å². The first-order valence-corrected chi connectivity index (χ1v) is 7.63. The second-order valence-electron chi connectivity index (χ2n) is 6.03. The minimum atomic E-state index is 0.556. The lowest BCUT2D eigenvalue weighted by molar-refractivity contribution is 0.162. The third-order valence-electron chi connectivity index (χ3n) is 4.15. The molecule has 20 heavy (non-hydrogen) atoms. The van der Waals surface area contributed by atoms with Crippen molar-refractivity contribution in [1.82, 2.24) is 10.2 Å². The van der Waals surface area contributed by atoms with Crippen molar-refractivity contribution in [1.29, 1.82) is 5.26 Å². The van der Waals surface area contributed by atoms with Crippen molar-refractivity contribution < 1.29 is 0 Å². The van der Waals surface area contributed by atoms with Crippen molar-refractivity contribution in [2.75, 3.05) is 19.6 Å². The van der Waals surface area contributed by atoms with Gasteiger partial charge in [-0.2, -0.15) is 5.26 Å². The predicted molar refractivity (Wildman–Crippen MR) is 82.3 cm³/mol. The monoisotopic (exact) mass is 271 g/mol. The summed E-state index contributed by atoms with van der Waals surface area (Å²) in [5, 5.41) is 12.3. The largest absolute Gasteiger partial charge is 0.317 e. The van der Waals surface area contributed by atoms with Gasteiger partial charge in [0.05, 0.1) is 11.6 Å². The van der Waals surface area contributed by atoms with E-state index in [1.807, 2.05) is 12.1 Å². The normalized spacial score (nSPS) is 16.6. The molecule has 0 unspecified atom stereocenters. The van der Waals surface area contributed by atoms with E-state index < -0.39 is 0 Å². The number of nitrogens with one attached hydrogen (secondary N) is 1. The van der Waals surface area contributed by atoms with Crippen molar-refractivity contribution in [3.05, 3.63) is 35.4 Å². The van der Waals surface area contributed by atoms with E-state index in [9.17, 15) is 0 Å². The highest BCUT2D eigenvalue weighted by atomic mass is 15.1. The summed E-state index contributed by atoms with van der Waals surface area (Å²) in [4.78, 5) is 2.55. The van der Waals surface area contributed by atoms with Gasteiger partial charge in [-0.05, 0) is 63.4 Å². The van der Waals surface area contributed by atoms with E-state index in [2.05, 4.69) is 42.3 Å². The number of rotatable bonds is 5. The molecule has 1 saturated heterocycles. The molecule has 1 aliphatic heterocycles. The molecule has 3 heteroatoms. The van der Waals surface area contributed by atoms with Gasteiger partial charge in [-0.3, -0.25) is 4.90 Å². The van der Waals surface area contributed by atoms with Crippen molar-refractivity contribution in [2.45, 2.75) is 39.3 Å². The lowest BCUT2D eigenvalue weighted by Crippen LogP contribution is -2.39. The summed E-state index contributed by atoms with van der Waals surface area (Å²) in [5.74, 6) is 0.817. The maximum Gasteiger partial charge on any atom is 0.0991 e. The average molecular weight is 271 g/mol. The Balaban J connectivity index is 1.95. The first kappa shape index (κ1) is 15.0. The number of hydrogen-bond donors (Lipinski definition) is 1. The SMILES string of the molecule is CC(C)N(Cc1ccc(C#N)cc1)CC1CCNCC1. The van der Waals surface area contributed by atoms with E-state index >= 15 is 0 Å². The number of nitriles is 1. The first-order chi connectivity index (χ1) is 9.69. The molecule has 1 aliphatic rings. The molecule has 2 rings (SSSR count). The van der Waals surface area contributed by atoms with E-state index in [0.29, 0.717) is 6.04 Å². The Morgan fingerprint density at radius 1 is 1.25 bits per heavy atom. The van der Waals surface area contributed by atoms with Gasteiger partial charge in [0, 0.05) is 19.1 Å². The molecular formula is C17H25N3. The van der Waals surface area contributed by atoms with Crippen molar-refractivity contribution in [3.63, 3.8) is 0 Å². The first-order valence-electron chi connectivity index (χ1n) is 7.63. The van der Waals surface area contributed by atoms with Crippen LogP contribution >= 0.6 is 0 Å². The minimum Gasteiger partial charge on any atom is -0.317 e. The topological polar surface area (TPSA) is 39.1 Å². The second kappa shape index (κ2) is 7.42. The molecule has 0 aromatic heterocycles. The van der Waals surface area contributed by atoms with E-state index in [1.165, 1.54) is 24.9 Å². The Morgan fingerprint density at radius 2 is 1.90 bits per heavy atom. The minimum absolute atomic E-state index is 0.556. The van der Waals surface area contributed by atoms with Crippen molar-refractivity contribution >= 4 is 0 Å². The van der Waals surface area contributed by atoms with Crippen LogP contribution in [0.15, 0.2) is 24.3 Å². The zero-order valence-electron chi connectivity index (χ0n) is 12.6. The lowest BCUT2D eigenvalue weighted by Gasteiger charge is -2.32. The van der Waals surface area contributed by atoms with Crippen LogP contribution in [-0.4, -0.2) is 30.6 Å². The molecule has 1 aromatic rings. The Labute approximate surface area is 122 Å². The number of nitrogens with zero attached hydrogens (tertiary/aromatic N) is 2. The zero-order valence-corrected chi connectivity index (χ0v) is 12.6. The molecule has 1 fully saturated rings. The van der Waals surface area contributed by atoms with Crippen LogP contribution in [0.4, 0.5) is 0 Å². The van der Waals surface area contributed by atoms with Crippen LogP contribution in [0, 0.1) is 17.2 Å². The maximum absolute atomic E-state index is 8.85. The summed E-state index contributed by atoms with van der Waals surface area (Å²) < 4.78 is 0. The van der Waals surface area contributed by atoms with Crippen LogP contribution in [0.2, 0.25) is 0 Å². The number of hydrogen-bond acceptors (Lipinski definition) is 3. The Hall–Kier alpha value is -1.37. The molecule has 0 radical (unpaired) electrons. The van der Waals surface area contributed by atoms with Gasteiger partial charge in [-0.1, -0.05) is 12.1 Å². The molecule has 108 valence electrons. The molecule has 1 aromatic carbocycles. The van der Waals surface area contributed by atoms with E-state index in [0.717, 1.165) is 31.1 Å². The molecule has 0 aliphatic carbocycles. The predicted octanol–water partition coefficient (Wildman–Crippen LogP) is 2.77. The third kappa shape index (κ3) is 4.33. The molecule has 1 heterocycles. The van der Waals surface area contributed by atoms with Gasteiger partial charge in [0.25, 0.3) is 0 Å². The standard InChI is InChI=1S/C17H25N3/c1-14(2)20(13-17-7-9-19-10-8-17)12-16-5-3-15(11-18)4-6-16/h3-6,14,17,19H,7-10,12-13H2,1-2H3. The summed E-state index contributed by atoms with van der Waals surface area (Å²) in [6, 6.07) is 10.7. The zero-order chi connectivity index (χ0) is 14.4. The smallest absolute Gasteiger partial charge is 0.0991 e. The Kier molecular flexibility index (Phi) is 5.58. The Bertz CT molecular complexity index is 438. The molecule has 0 atom stereocenters. The van der Waals surface area contributed by atoms with Gasteiger partial charge in [0.2, 0.25) is 0 Å². The van der Waals surface area contributed by atoms with Gasteiger partial charge >= 0.3 is 0 Å². The van der Waals surface area contributed by atoms with Crippen LogP contribution in [-0.2, 0) is 6.54 Å². The fourth-order valence-electron chi connectivity index (χ4n) is 2.77. The number of piperidine rings is 1. The second-order valence-corrected chi connectivity index (χ2v) is 6.03. The highest BCUT2D eigenvalue weighted by molar-refractivity contribution is 5.31. The van der Waals surface area contributed by atoms with Gasteiger partial charge in [-0.15, -0.1) is 0 Å². The summed E-state index contributed by atoms with van der Waals surface area (Å²) in [6.07, 6.45) is 2.58. The molecule has 0 amide bonds. The molecular weight excluding hydrogens is 246 g/mol. The molecule has 0 bridgehead atoms. The summed E-state index contributed by atoms with van der Waals surface area (Å²) in [6.45, 7) is 9.02. The van der Waals surface area contributed by atoms with Crippen LogP contribution in [0.5, 0.6) is 0 Å². The van der Waals surface area contributed by atoms with Crippen LogP contribution in [0.1, 0.15) is 37.8 Å². The highest BCUT2D eigenvalue weighted by Gasteiger charge is 2.19. The fraction of sp³-hybridized carbons (Fsp3) is 0.588. The van der Waals surface area contributed by atoms with E-state index in [-0.39, 0.29) is 0 Å². The highest BCUT2D eigenvalue weighted by Crippen LogP contribution is 2.17. The molecule has 3 nitrogen and oxygen atoms in total. The molecule has 0 saturated carbocycles. The molecule has 1 N–H and O–H groups in total. The quantitative estimate of drug-likeness (QED) is 0.895. The lowest BCUT2D eigenvalue weighted by atomic mass is 9.96. The van der Waals surface area contributed by atoms with Gasteiger partial charge < -0.3 is 5.32 Å². The fourth-order valence-corrected chi connectivity index (χ4v) is 2.77. The van der Waals surface area contributed by atoms with E-state index in [4.69, 9.17) is 5.26 Å². The number of benzene rings is 1. The van der Waals surface area contributed by atoms with Gasteiger partial charge in [-0.25, -0.2) is 0 Å². The third-order valence-corrected chi connectivity index (χ3v) is 4.15. The summed E-state index contributed by atoms with van der Waals surface area (Å²) >= 11 is 0. The van der Waals surface area contributed by atoms with Gasteiger partial charge in [0.1, 0.15) is 0 Å². The maximum atomic E-state index is 8.85. The van der Waals surface area contributed by atoms with Crippen molar-refractivity contribution in [3.8, 4) is 6.07 Å². The average Bonchev–Trinajstić information content (AvgIpc) is 2.48. The van der Waals surface area contributed by atoms with Gasteiger partial charge in [0.15, 0.2) is 0 Å². The summed E-state index contributed by atoms with van der Waals surface area (Å²) in [7, 11) is 0.